The first-order valence-corrected chi connectivity index (χ1v) is 9.45. The largest absolute Gasteiger partial charge is 0.140 e. The van der Waals surface area contributed by atoms with Gasteiger partial charge in [-0.2, -0.15) is 0 Å². The highest BCUT2D eigenvalue weighted by atomic mass is 32.2. The number of benzene rings is 2. The van der Waals surface area contributed by atoms with Crippen LogP contribution in [-0.2, 0) is 0 Å². The summed E-state index contributed by atoms with van der Waals surface area (Å²) in [7, 11) is 0. The summed E-state index contributed by atoms with van der Waals surface area (Å²) < 4.78 is 0. The third kappa shape index (κ3) is 2.86. The molecule has 0 aliphatic heterocycles. The van der Waals surface area contributed by atoms with Gasteiger partial charge in [-0.15, -0.1) is 23.1 Å². The van der Waals surface area contributed by atoms with Gasteiger partial charge in [-0.05, 0) is 55.9 Å². The van der Waals surface area contributed by atoms with Crippen molar-refractivity contribution in [2.75, 3.05) is 6.26 Å². The van der Waals surface area contributed by atoms with Gasteiger partial charge in [0.05, 0.1) is 0 Å². The molecule has 2 heteroatoms. The van der Waals surface area contributed by atoms with Gasteiger partial charge in [0.25, 0.3) is 0 Å². The highest BCUT2D eigenvalue weighted by Gasteiger charge is 2.15. The van der Waals surface area contributed by atoms with Crippen molar-refractivity contribution in [3.63, 3.8) is 0 Å². The molecule has 0 atom stereocenters. The number of thioether (sulfide) groups is 1. The first-order valence-electron chi connectivity index (χ1n) is 7.41. The van der Waals surface area contributed by atoms with Gasteiger partial charge in [-0.1, -0.05) is 42.0 Å². The Morgan fingerprint density at radius 1 is 0.773 bits per heavy atom. The fraction of sp³-hybridized carbons (Fsp3) is 0.200. The Morgan fingerprint density at radius 2 is 1.36 bits per heavy atom. The van der Waals surface area contributed by atoms with Crippen LogP contribution >= 0.6 is 23.1 Å². The second kappa shape index (κ2) is 6.31. The second-order valence-corrected chi connectivity index (χ2v) is 7.69. The van der Waals surface area contributed by atoms with E-state index >= 15 is 0 Å². The topological polar surface area (TPSA) is 0 Å². The third-order valence-corrected chi connectivity index (χ3v) is 6.08. The molecule has 2 aromatic carbocycles. The van der Waals surface area contributed by atoms with Gasteiger partial charge in [0.2, 0.25) is 0 Å². The minimum absolute atomic E-state index is 1.31. The number of aryl methyl sites for hydroxylation is 2. The lowest BCUT2D eigenvalue weighted by Crippen LogP contribution is -1.83. The quantitative estimate of drug-likeness (QED) is 0.481. The van der Waals surface area contributed by atoms with Crippen molar-refractivity contribution < 1.29 is 0 Å². The van der Waals surface area contributed by atoms with Crippen molar-refractivity contribution in [3.05, 3.63) is 64.5 Å². The molecule has 112 valence electrons. The predicted molar refractivity (Wildman–Crippen MR) is 101 cm³/mol. The molecule has 1 aromatic heterocycles. The molecule has 0 nitrogen and oxygen atoms in total. The number of thiophene rings is 1. The number of rotatable bonds is 3. The monoisotopic (exact) mass is 324 g/mol. The smallest absolute Gasteiger partial charge is 0.0426 e. The molecule has 0 amide bonds. The second-order valence-electron chi connectivity index (χ2n) is 5.58. The lowest BCUT2D eigenvalue weighted by molar-refractivity contribution is 1.41. The molecule has 0 saturated heterocycles. The van der Waals surface area contributed by atoms with Crippen molar-refractivity contribution in [2.24, 2.45) is 0 Å². The maximum atomic E-state index is 2.25. The zero-order chi connectivity index (χ0) is 15.7. The van der Waals surface area contributed by atoms with Crippen LogP contribution in [-0.4, -0.2) is 6.26 Å². The molecule has 3 rings (SSSR count). The SMILES string of the molecule is CSc1ccc(-c2c(-c3ccc(C)cc3)sc(C)c2C)cc1. The van der Waals surface area contributed by atoms with E-state index < -0.39 is 0 Å². The summed E-state index contributed by atoms with van der Waals surface area (Å²) in [6, 6.07) is 17.8. The van der Waals surface area contributed by atoms with Gasteiger partial charge in [0.15, 0.2) is 0 Å². The fourth-order valence-corrected chi connectivity index (χ4v) is 4.24. The zero-order valence-electron chi connectivity index (χ0n) is 13.4. The molecular formula is C20H20S2. The Labute approximate surface area is 141 Å². The van der Waals surface area contributed by atoms with Crippen molar-refractivity contribution in [1.82, 2.24) is 0 Å². The van der Waals surface area contributed by atoms with E-state index in [0.717, 1.165) is 0 Å². The summed E-state index contributed by atoms with van der Waals surface area (Å²) in [4.78, 5) is 4.09. The van der Waals surface area contributed by atoms with Crippen LogP contribution in [0.3, 0.4) is 0 Å². The van der Waals surface area contributed by atoms with Crippen LogP contribution in [0.4, 0.5) is 0 Å². The summed E-state index contributed by atoms with van der Waals surface area (Å²) in [6.07, 6.45) is 2.12. The lowest BCUT2D eigenvalue weighted by Gasteiger charge is -2.08. The molecular weight excluding hydrogens is 304 g/mol. The molecule has 0 unspecified atom stereocenters. The normalized spacial score (nSPS) is 10.9. The molecule has 0 aliphatic rings. The van der Waals surface area contributed by atoms with Crippen LogP contribution in [0.25, 0.3) is 21.6 Å². The van der Waals surface area contributed by atoms with Crippen molar-refractivity contribution in [2.45, 2.75) is 25.7 Å². The fourth-order valence-electron chi connectivity index (χ4n) is 2.64. The summed E-state index contributed by atoms with van der Waals surface area (Å²) in [5.74, 6) is 0. The molecule has 0 N–H and O–H groups in total. The van der Waals surface area contributed by atoms with E-state index in [1.165, 1.54) is 42.5 Å². The minimum atomic E-state index is 1.31. The average molecular weight is 325 g/mol. The highest BCUT2D eigenvalue weighted by Crippen LogP contribution is 2.42. The molecule has 0 spiro atoms. The van der Waals surface area contributed by atoms with Gasteiger partial charge < -0.3 is 0 Å². The van der Waals surface area contributed by atoms with Crippen LogP contribution in [0.2, 0.25) is 0 Å². The van der Waals surface area contributed by atoms with E-state index in [4.69, 9.17) is 0 Å². The molecule has 0 saturated carbocycles. The molecule has 0 radical (unpaired) electrons. The maximum Gasteiger partial charge on any atom is 0.0426 e. The van der Waals surface area contributed by atoms with Gasteiger partial charge in [-0.25, -0.2) is 0 Å². The Hall–Kier alpha value is -1.51. The summed E-state index contributed by atoms with van der Waals surface area (Å²) in [5.41, 5.74) is 6.72. The molecule has 0 fully saturated rings. The van der Waals surface area contributed by atoms with Crippen LogP contribution in [0, 0.1) is 20.8 Å². The summed E-state index contributed by atoms with van der Waals surface area (Å²) >= 11 is 3.69. The number of hydrogen-bond donors (Lipinski definition) is 0. The van der Waals surface area contributed by atoms with Gasteiger partial charge in [0.1, 0.15) is 0 Å². The lowest BCUT2D eigenvalue weighted by atomic mass is 9.98. The molecule has 0 bridgehead atoms. The van der Waals surface area contributed by atoms with Crippen LogP contribution < -0.4 is 0 Å². The van der Waals surface area contributed by atoms with E-state index in [0.29, 0.717) is 0 Å². The third-order valence-electron chi connectivity index (χ3n) is 4.08. The minimum Gasteiger partial charge on any atom is -0.140 e. The van der Waals surface area contributed by atoms with Crippen LogP contribution in [0.15, 0.2) is 53.4 Å². The molecule has 0 aliphatic carbocycles. The maximum absolute atomic E-state index is 2.25. The van der Waals surface area contributed by atoms with E-state index in [9.17, 15) is 0 Å². The predicted octanol–water partition coefficient (Wildman–Crippen LogP) is 6.73. The number of hydrogen-bond acceptors (Lipinski definition) is 2. The Bertz CT molecular complexity index is 778. The van der Waals surface area contributed by atoms with E-state index in [1.807, 2.05) is 11.3 Å². The van der Waals surface area contributed by atoms with Gasteiger partial charge in [-0.3, -0.25) is 0 Å². The average Bonchev–Trinajstić information content (AvgIpc) is 2.84. The Morgan fingerprint density at radius 3 is 1.95 bits per heavy atom. The zero-order valence-corrected chi connectivity index (χ0v) is 15.1. The summed E-state index contributed by atoms with van der Waals surface area (Å²) in [6.45, 7) is 6.59. The molecule has 22 heavy (non-hydrogen) atoms. The summed E-state index contributed by atoms with van der Waals surface area (Å²) in [5, 5.41) is 0. The molecule has 1 heterocycles. The van der Waals surface area contributed by atoms with Crippen molar-refractivity contribution in [3.8, 4) is 21.6 Å². The van der Waals surface area contributed by atoms with Crippen molar-refractivity contribution >= 4 is 23.1 Å². The van der Waals surface area contributed by atoms with Gasteiger partial charge in [0, 0.05) is 20.2 Å². The molecule has 3 aromatic rings. The highest BCUT2D eigenvalue weighted by molar-refractivity contribution is 7.98. The van der Waals surface area contributed by atoms with Crippen LogP contribution in [0.1, 0.15) is 16.0 Å². The van der Waals surface area contributed by atoms with E-state index in [2.05, 4.69) is 75.6 Å². The first kappa shape index (κ1) is 15.4. The van der Waals surface area contributed by atoms with Crippen LogP contribution in [0.5, 0.6) is 0 Å². The first-order chi connectivity index (χ1) is 10.6. The van der Waals surface area contributed by atoms with E-state index in [-0.39, 0.29) is 0 Å². The standard InChI is InChI=1S/C20H20S2/c1-13-5-7-17(8-6-13)20-19(14(2)15(3)22-20)16-9-11-18(21-4)12-10-16/h5-12H,1-4H3. The van der Waals surface area contributed by atoms with Gasteiger partial charge >= 0.3 is 0 Å². The Balaban J connectivity index is 2.15. The van der Waals surface area contributed by atoms with E-state index in [1.54, 1.807) is 11.8 Å². The Kier molecular flexibility index (Phi) is 4.42. The van der Waals surface area contributed by atoms with Crippen molar-refractivity contribution in [1.29, 1.82) is 0 Å².